The second-order valence-electron chi connectivity index (χ2n) is 4.51. The molecular weight excluding hydrogens is 322 g/mol. The molecule has 2 rings (SSSR count). The number of imidazole rings is 1. The van der Waals surface area contributed by atoms with Crippen LogP contribution in [-0.2, 0) is 22.6 Å². The van der Waals surface area contributed by atoms with E-state index in [1.165, 1.54) is 7.11 Å². The van der Waals surface area contributed by atoms with Gasteiger partial charge in [-0.2, -0.15) is 0 Å². The molecule has 1 aromatic heterocycles. The van der Waals surface area contributed by atoms with Crippen LogP contribution in [-0.4, -0.2) is 17.6 Å². The highest BCUT2D eigenvalue weighted by Gasteiger charge is 2.22. The monoisotopic (exact) mass is 341 g/mol. The van der Waals surface area contributed by atoms with Crippen molar-refractivity contribution >= 4 is 23.0 Å². The number of carbonyl (C=O) groups excluding carboxylic acids is 1. The number of para-hydroxylation sites is 2. The summed E-state index contributed by atoms with van der Waals surface area (Å²) in [5.41, 5.74) is 8.19. The molecule has 1 aromatic carbocycles. The number of benzene rings is 1. The molecule has 5 nitrogen and oxygen atoms in total. The van der Waals surface area contributed by atoms with Gasteiger partial charge in [0, 0.05) is 0 Å². The molecule has 0 bridgehead atoms. The Morgan fingerprint density at radius 2 is 2.10 bits per heavy atom. The third kappa shape index (κ3) is 3.12. The number of methoxy groups -OCH3 is 1. The summed E-state index contributed by atoms with van der Waals surface area (Å²) in [5.74, 6) is 0.301. The molecule has 0 saturated heterocycles. The second kappa shape index (κ2) is 7.28. The highest BCUT2D eigenvalue weighted by Crippen LogP contribution is 2.16. The van der Waals surface area contributed by atoms with Crippen LogP contribution in [0.15, 0.2) is 24.3 Å². The van der Waals surface area contributed by atoms with Crippen LogP contribution in [0.1, 0.15) is 19.8 Å². The molecule has 0 radical (unpaired) electrons. The second-order valence-corrected chi connectivity index (χ2v) is 4.51. The number of aryl methyl sites for hydroxylation is 1. The average molecular weight is 342 g/mol. The summed E-state index contributed by atoms with van der Waals surface area (Å²) in [6, 6.07) is 7.92. The lowest BCUT2D eigenvalue weighted by molar-refractivity contribution is -0.645. The topological polar surface area (TPSA) is 61.1 Å². The Balaban J connectivity index is 0.00000200. The number of halogens is 1. The van der Waals surface area contributed by atoms with Crippen molar-refractivity contribution in [2.75, 3.05) is 12.8 Å². The van der Waals surface area contributed by atoms with Crippen LogP contribution in [0.5, 0.6) is 0 Å². The quantitative estimate of drug-likeness (QED) is 0.531. The molecular formula is C14H20BrN3O2. The lowest BCUT2D eigenvalue weighted by Gasteiger charge is -2.00. The molecule has 0 atom stereocenters. The van der Waals surface area contributed by atoms with Gasteiger partial charge in [-0.05, 0) is 18.6 Å². The third-order valence-electron chi connectivity index (χ3n) is 3.27. The smallest absolute Gasteiger partial charge is 0.356 e. The molecule has 0 amide bonds. The minimum atomic E-state index is -0.296. The van der Waals surface area contributed by atoms with Gasteiger partial charge in [0.1, 0.15) is 11.0 Å². The van der Waals surface area contributed by atoms with Crippen LogP contribution < -0.4 is 27.3 Å². The van der Waals surface area contributed by atoms with Gasteiger partial charge < -0.3 is 21.7 Å². The lowest BCUT2D eigenvalue weighted by Crippen LogP contribution is -3.00. The van der Waals surface area contributed by atoms with E-state index < -0.39 is 0 Å². The first kappa shape index (κ1) is 16.5. The van der Waals surface area contributed by atoms with E-state index in [-0.39, 0.29) is 29.5 Å². The lowest BCUT2D eigenvalue weighted by atomic mass is 10.3. The fourth-order valence-corrected chi connectivity index (χ4v) is 2.22. The van der Waals surface area contributed by atoms with Gasteiger partial charge in [0.25, 0.3) is 0 Å². The van der Waals surface area contributed by atoms with Crippen LogP contribution >= 0.6 is 0 Å². The van der Waals surface area contributed by atoms with E-state index in [0.717, 1.165) is 30.4 Å². The molecule has 20 heavy (non-hydrogen) atoms. The zero-order valence-corrected chi connectivity index (χ0v) is 13.4. The Kier molecular flexibility index (Phi) is 6.01. The van der Waals surface area contributed by atoms with Crippen LogP contribution in [0.25, 0.3) is 11.0 Å². The maximum Gasteiger partial charge on any atom is 0.356 e. The highest BCUT2D eigenvalue weighted by molar-refractivity contribution is 5.75. The molecule has 0 saturated carbocycles. The Morgan fingerprint density at radius 1 is 1.40 bits per heavy atom. The summed E-state index contributed by atoms with van der Waals surface area (Å²) < 4.78 is 8.58. The molecule has 110 valence electrons. The first-order chi connectivity index (χ1) is 9.19. The van der Waals surface area contributed by atoms with Gasteiger partial charge in [0.15, 0.2) is 6.54 Å². The number of unbranched alkanes of at least 4 members (excludes halogenated alkanes) is 1. The highest BCUT2D eigenvalue weighted by atomic mass is 79.9. The standard InChI is InChI=1S/C14H19N3O2.BrH/c1-3-4-9-16-11-7-5-6-8-12(11)17(14(16)15)10-13(18)19-2;/h5-8,15H,3-4,9-10H2,1-2H3;1H. The Morgan fingerprint density at radius 3 is 2.75 bits per heavy atom. The molecule has 2 aromatic rings. The fraction of sp³-hybridized carbons (Fsp3) is 0.429. The average Bonchev–Trinajstić information content (AvgIpc) is 2.70. The number of nitrogens with two attached hydrogens (primary N) is 1. The van der Waals surface area contributed by atoms with E-state index in [0.29, 0.717) is 5.95 Å². The predicted octanol–water partition coefficient (Wildman–Crippen LogP) is -1.51. The van der Waals surface area contributed by atoms with Crippen molar-refractivity contribution in [3.05, 3.63) is 24.3 Å². The number of nitrogen functional groups attached to an aromatic ring is 1. The zero-order valence-electron chi connectivity index (χ0n) is 11.8. The normalized spacial score (nSPS) is 10.3. The van der Waals surface area contributed by atoms with E-state index in [4.69, 9.17) is 10.5 Å². The van der Waals surface area contributed by atoms with Crippen LogP contribution in [0.4, 0.5) is 5.95 Å². The molecule has 0 spiro atoms. The van der Waals surface area contributed by atoms with Gasteiger partial charge in [-0.3, -0.25) is 5.73 Å². The van der Waals surface area contributed by atoms with Gasteiger partial charge in [0.2, 0.25) is 0 Å². The van der Waals surface area contributed by atoms with Gasteiger partial charge in [0.05, 0.1) is 13.7 Å². The molecule has 1 heterocycles. The van der Waals surface area contributed by atoms with Crippen molar-refractivity contribution < 1.29 is 31.1 Å². The predicted molar refractivity (Wildman–Crippen MR) is 73.5 cm³/mol. The molecule has 2 N–H and O–H groups in total. The first-order valence-corrected chi connectivity index (χ1v) is 6.52. The van der Waals surface area contributed by atoms with Crippen molar-refractivity contribution in [3.8, 4) is 0 Å². The van der Waals surface area contributed by atoms with Crippen LogP contribution in [0.3, 0.4) is 0 Å². The summed E-state index contributed by atoms with van der Waals surface area (Å²) in [4.78, 5) is 11.5. The summed E-state index contributed by atoms with van der Waals surface area (Å²) >= 11 is 0. The number of hydrogen-bond acceptors (Lipinski definition) is 3. The van der Waals surface area contributed by atoms with Crippen molar-refractivity contribution in [1.29, 1.82) is 0 Å². The van der Waals surface area contributed by atoms with Crippen molar-refractivity contribution in [2.45, 2.75) is 32.9 Å². The van der Waals surface area contributed by atoms with Crippen LogP contribution in [0.2, 0.25) is 0 Å². The number of fused-ring (bicyclic) bond motifs is 1. The zero-order chi connectivity index (χ0) is 13.8. The summed E-state index contributed by atoms with van der Waals surface area (Å²) in [6.45, 7) is 3.14. The maximum absolute atomic E-state index is 11.5. The number of anilines is 1. The molecule has 0 aliphatic heterocycles. The summed E-state index contributed by atoms with van der Waals surface area (Å²) in [6.07, 6.45) is 2.16. The molecule has 0 unspecified atom stereocenters. The molecule has 6 heteroatoms. The molecule has 0 aliphatic rings. The minimum Gasteiger partial charge on any atom is -1.00 e. The third-order valence-corrected chi connectivity index (χ3v) is 3.27. The van der Waals surface area contributed by atoms with E-state index in [9.17, 15) is 4.79 Å². The van der Waals surface area contributed by atoms with E-state index in [1.807, 2.05) is 24.3 Å². The number of aromatic nitrogens is 2. The molecule has 0 aliphatic carbocycles. The summed E-state index contributed by atoms with van der Waals surface area (Å²) in [7, 11) is 1.38. The molecule has 0 fully saturated rings. The van der Waals surface area contributed by atoms with Gasteiger partial charge in [-0.25, -0.2) is 13.9 Å². The number of nitrogens with zero attached hydrogens (tertiary/aromatic N) is 2. The van der Waals surface area contributed by atoms with Crippen molar-refractivity contribution in [1.82, 2.24) is 4.57 Å². The van der Waals surface area contributed by atoms with Gasteiger partial charge in [-0.15, -0.1) is 0 Å². The Hall–Kier alpha value is -1.56. The van der Waals surface area contributed by atoms with Crippen molar-refractivity contribution in [3.63, 3.8) is 0 Å². The maximum atomic E-state index is 11.5. The number of carbonyl (C=O) groups is 1. The first-order valence-electron chi connectivity index (χ1n) is 6.52. The van der Waals surface area contributed by atoms with E-state index in [2.05, 4.69) is 11.5 Å². The van der Waals surface area contributed by atoms with Gasteiger partial charge in [-0.1, -0.05) is 25.5 Å². The number of esters is 1. The van der Waals surface area contributed by atoms with E-state index in [1.54, 1.807) is 4.57 Å². The Bertz CT molecular complexity index is 595. The summed E-state index contributed by atoms with van der Waals surface area (Å²) in [5, 5.41) is 0. The van der Waals surface area contributed by atoms with E-state index >= 15 is 0 Å². The van der Waals surface area contributed by atoms with Crippen LogP contribution in [0, 0.1) is 0 Å². The fourth-order valence-electron chi connectivity index (χ4n) is 2.22. The Labute approximate surface area is 129 Å². The van der Waals surface area contributed by atoms with Gasteiger partial charge >= 0.3 is 11.9 Å². The SMILES string of the molecule is CCCCn1c(N)[n+](CC(=O)OC)c2ccccc21.[Br-]. The number of rotatable bonds is 5. The number of ether oxygens (including phenoxy) is 1. The number of hydrogen-bond donors (Lipinski definition) is 1. The minimum absolute atomic E-state index is 0. The van der Waals surface area contributed by atoms with Crippen molar-refractivity contribution in [2.24, 2.45) is 0 Å². The largest absolute Gasteiger partial charge is 1.00 e.